The molecular weight excluding hydrogens is 374 g/mol. The largest absolute Gasteiger partial charge is 0.330 e. The minimum atomic E-state index is -0.642. The summed E-state index contributed by atoms with van der Waals surface area (Å²) in [5, 5.41) is 0. The molecule has 0 unspecified atom stereocenters. The predicted octanol–water partition coefficient (Wildman–Crippen LogP) is 3.28. The van der Waals surface area contributed by atoms with Gasteiger partial charge in [-0.05, 0) is 25.5 Å². The normalized spacial score (nSPS) is 11.4. The Kier molecular flexibility index (Phi) is 5.79. The molecule has 0 spiro atoms. The molecule has 9 heteroatoms. The van der Waals surface area contributed by atoms with Gasteiger partial charge in [0.05, 0.1) is 5.75 Å². The van der Waals surface area contributed by atoms with Gasteiger partial charge in [0, 0.05) is 24.1 Å². The summed E-state index contributed by atoms with van der Waals surface area (Å²) in [5.41, 5.74) is -0.288. The smallest absolute Gasteiger partial charge is 0.322 e. The Labute approximate surface area is 158 Å². The number of imidazole rings is 1. The zero-order valence-corrected chi connectivity index (χ0v) is 15.9. The zero-order chi connectivity index (χ0) is 19.6. The molecule has 27 heavy (non-hydrogen) atoms. The van der Waals surface area contributed by atoms with Crippen molar-refractivity contribution >= 4 is 22.9 Å². The number of halogens is 2. The van der Waals surface area contributed by atoms with Crippen LogP contribution in [0.3, 0.4) is 0 Å². The Hall–Kier alpha value is -2.42. The molecule has 0 aliphatic heterocycles. The highest BCUT2D eigenvalue weighted by Gasteiger charge is 2.18. The van der Waals surface area contributed by atoms with Gasteiger partial charge in [-0.15, -0.1) is 11.8 Å². The maximum Gasteiger partial charge on any atom is 0.330 e. The number of fused-ring (bicyclic) bond motifs is 1. The average Bonchev–Trinajstić information content (AvgIpc) is 2.99. The van der Waals surface area contributed by atoms with Gasteiger partial charge in [0.25, 0.3) is 5.56 Å². The second-order valence-electron chi connectivity index (χ2n) is 6.07. The summed E-state index contributed by atoms with van der Waals surface area (Å²) in [6.45, 7) is 4.82. The molecular formula is C18H20F2N4O2S. The third-order valence-corrected chi connectivity index (χ3v) is 5.31. The van der Waals surface area contributed by atoms with E-state index in [4.69, 9.17) is 0 Å². The van der Waals surface area contributed by atoms with E-state index < -0.39 is 22.9 Å². The highest BCUT2D eigenvalue weighted by Crippen LogP contribution is 2.26. The molecule has 0 aliphatic carbocycles. The summed E-state index contributed by atoms with van der Waals surface area (Å²) in [6.07, 6.45) is 1.68. The lowest BCUT2D eigenvalue weighted by molar-refractivity contribution is 0.565. The minimum Gasteiger partial charge on any atom is -0.322 e. The Morgan fingerprint density at radius 2 is 1.96 bits per heavy atom. The van der Waals surface area contributed by atoms with Gasteiger partial charge >= 0.3 is 5.69 Å². The number of aromatic nitrogens is 4. The maximum atomic E-state index is 13.9. The summed E-state index contributed by atoms with van der Waals surface area (Å²) in [5.74, 6) is -0.435. The maximum absolute atomic E-state index is 13.9. The number of unbranched alkanes of at least 4 members (excludes halogenated alkanes) is 1. The Bertz CT molecular complexity index is 1090. The van der Waals surface area contributed by atoms with E-state index in [2.05, 4.69) is 9.97 Å². The third kappa shape index (κ3) is 3.83. The van der Waals surface area contributed by atoms with Crippen LogP contribution >= 0.6 is 11.8 Å². The van der Waals surface area contributed by atoms with Crippen LogP contribution in [0.1, 0.15) is 32.5 Å². The fourth-order valence-corrected chi connectivity index (χ4v) is 3.79. The van der Waals surface area contributed by atoms with Gasteiger partial charge in [0.2, 0.25) is 0 Å². The third-order valence-electron chi connectivity index (χ3n) is 4.27. The Balaban J connectivity index is 2.03. The van der Waals surface area contributed by atoms with Gasteiger partial charge < -0.3 is 4.57 Å². The highest BCUT2D eigenvalue weighted by atomic mass is 32.2. The van der Waals surface area contributed by atoms with Crippen LogP contribution in [-0.4, -0.2) is 19.1 Å². The quantitative estimate of drug-likeness (QED) is 0.624. The number of aryl methyl sites for hydroxylation is 2. The van der Waals surface area contributed by atoms with Gasteiger partial charge in [-0.2, -0.15) is 0 Å². The number of rotatable bonds is 7. The lowest BCUT2D eigenvalue weighted by Crippen LogP contribution is -2.31. The average molecular weight is 394 g/mol. The topological polar surface area (TPSA) is 72.7 Å². The summed E-state index contributed by atoms with van der Waals surface area (Å²) < 4.78 is 30.1. The molecule has 0 aliphatic rings. The molecule has 0 fully saturated rings. The summed E-state index contributed by atoms with van der Waals surface area (Å²) in [4.78, 5) is 31.7. The molecule has 3 rings (SSSR count). The first-order chi connectivity index (χ1) is 13.0. The Morgan fingerprint density at radius 1 is 1.19 bits per heavy atom. The van der Waals surface area contributed by atoms with E-state index in [1.165, 1.54) is 16.7 Å². The van der Waals surface area contributed by atoms with Gasteiger partial charge in [-0.3, -0.25) is 14.3 Å². The van der Waals surface area contributed by atoms with Crippen molar-refractivity contribution in [3.63, 3.8) is 0 Å². The predicted molar refractivity (Wildman–Crippen MR) is 101 cm³/mol. The van der Waals surface area contributed by atoms with Crippen molar-refractivity contribution < 1.29 is 8.78 Å². The number of benzene rings is 1. The standard InChI is InChI=1S/C18H20F2N4O2S/c1-3-5-8-24-16-15(17(25)22-18(24)26)23(4-2)14(21-16)10-27-13-7-6-11(19)9-12(13)20/h6-7,9H,3-5,8,10H2,1-2H3,(H,22,25,26). The van der Waals surface area contributed by atoms with E-state index >= 15 is 0 Å². The van der Waals surface area contributed by atoms with Crippen molar-refractivity contribution in [1.29, 1.82) is 0 Å². The zero-order valence-electron chi connectivity index (χ0n) is 15.1. The fraction of sp³-hybridized carbons (Fsp3) is 0.389. The van der Waals surface area contributed by atoms with Crippen LogP contribution in [0, 0.1) is 11.6 Å². The van der Waals surface area contributed by atoms with E-state index in [1.807, 2.05) is 13.8 Å². The number of H-pyrrole nitrogens is 1. The van der Waals surface area contributed by atoms with E-state index in [0.717, 1.165) is 30.7 Å². The number of hydrogen-bond donors (Lipinski definition) is 1. The summed E-state index contributed by atoms with van der Waals surface area (Å²) in [6, 6.07) is 3.40. The van der Waals surface area contributed by atoms with Gasteiger partial charge in [-0.1, -0.05) is 13.3 Å². The lowest BCUT2D eigenvalue weighted by Gasteiger charge is -2.07. The second-order valence-corrected chi connectivity index (χ2v) is 7.09. The summed E-state index contributed by atoms with van der Waals surface area (Å²) >= 11 is 1.16. The fourth-order valence-electron chi connectivity index (χ4n) is 2.93. The number of nitrogens with zero attached hydrogens (tertiary/aromatic N) is 3. The van der Waals surface area contributed by atoms with E-state index in [1.54, 1.807) is 4.57 Å². The van der Waals surface area contributed by atoms with Crippen molar-refractivity contribution in [3.8, 4) is 0 Å². The van der Waals surface area contributed by atoms with Crippen LogP contribution in [0.2, 0.25) is 0 Å². The van der Waals surface area contributed by atoms with Crippen molar-refractivity contribution in [3.05, 3.63) is 56.5 Å². The summed E-state index contributed by atoms with van der Waals surface area (Å²) in [7, 11) is 0. The molecule has 6 nitrogen and oxygen atoms in total. The molecule has 1 aromatic carbocycles. The van der Waals surface area contributed by atoms with Crippen molar-refractivity contribution in [2.24, 2.45) is 0 Å². The van der Waals surface area contributed by atoms with E-state index in [9.17, 15) is 18.4 Å². The van der Waals surface area contributed by atoms with Gasteiger partial charge in [-0.25, -0.2) is 18.6 Å². The van der Waals surface area contributed by atoms with Crippen LogP contribution in [0.15, 0.2) is 32.7 Å². The van der Waals surface area contributed by atoms with Crippen LogP contribution in [-0.2, 0) is 18.8 Å². The first kappa shape index (κ1) is 19.3. The number of hydrogen-bond acceptors (Lipinski definition) is 4. The van der Waals surface area contributed by atoms with Crippen molar-refractivity contribution in [2.45, 2.75) is 50.4 Å². The van der Waals surface area contributed by atoms with E-state index in [0.29, 0.717) is 35.0 Å². The molecule has 3 aromatic rings. The molecule has 1 N–H and O–H groups in total. The van der Waals surface area contributed by atoms with Crippen LogP contribution in [0.5, 0.6) is 0 Å². The Morgan fingerprint density at radius 3 is 2.63 bits per heavy atom. The van der Waals surface area contributed by atoms with Crippen molar-refractivity contribution in [1.82, 2.24) is 19.1 Å². The number of aromatic amines is 1. The molecule has 2 aromatic heterocycles. The monoisotopic (exact) mass is 394 g/mol. The first-order valence-electron chi connectivity index (χ1n) is 8.76. The van der Waals surface area contributed by atoms with Crippen molar-refractivity contribution in [2.75, 3.05) is 0 Å². The van der Waals surface area contributed by atoms with Gasteiger partial charge in [0.1, 0.15) is 17.5 Å². The first-order valence-corrected chi connectivity index (χ1v) is 9.74. The minimum absolute atomic E-state index is 0.284. The SMILES string of the molecule is CCCCn1c(=O)[nH]c(=O)c2c1nc(CSc1ccc(F)cc1F)n2CC. The molecule has 0 radical (unpaired) electrons. The molecule has 0 saturated carbocycles. The van der Waals surface area contributed by atoms with E-state index in [-0.39, 0.29) is 5.75 Å². The molecule has 2 heterocycles. The second kappa shape index (κ2) is 8.08. The molecule has 0 bridgehead atoms. The highest BCUT2D eigenvalue weighted by molar-refractivity contribution is 7.98. The van der Waals surface area contributed by atoms with Crippen LogP contribution in [0.4, 0.5) is 8.78 Å². The van der Waals surface area contributed by atoms with Crippen LogP contribution in [0.25, 0.3) is 11.2 Å². The lowest BCUT2D eigenvalue weighted by atomic mass is 10.3. The molecule has 0 saturated heterocycles. The molecule has 144 valence electrons. The molecule has 0 amide bonds. The molecule has 0 atom stereocenters. The van der Waals surface area contributed by atoms with Gasteiger partial charge in [0.15, 0.2) is 11.2 Å². The number of nitrogens with one attached hydrogen (secondary N) is 1. The number of thioether (sulfide) groups is 1. The van der Waals surface area contributed by atoms with Crippen LogP contribution < -0.4 is 11.2 Å².